The van der Waals surface area contributed by atoms with Gasteiger partial charge < -0.3 is 5.11 Å². The molecule has 2 aromatic rings. The van der Waals surface area contributed by atoms with Crippen molar-refractivity contribution < 1.29 is 18.7 Å². The van der Waals surface area contributed by atoms with Crippen molar-refractivity contribution in [2.75, 3.05) is 13.1 Å². The molecule has 3 unspecified atom stereocenters. The number of nitrogens with zero attached hydrogens (tertiary/aromatic N) is 1. The third kappa shape index (κ3) is 3.58. The van der Waals surface area contributed by atoms with Gasteiger partial charge in [0.2, 0.25) is 0 Å². The average molecular weight is 373 g/mol. The number of carboxylic acids is 1. The smallest absolute Gasteiger partial charge is 0.336 e. The molecule has 0 spiro atoms. The molecule has 0 saturated carbocycles. The van der Waals surface area contributed by atoms with Crippen molar-refractivity contribution in [3.05, 3.63) is 70.8 Å². The molecule has 5 nitrogen and oxygen atoms in total. The molecule has 0 aliphatic carbocycles. The van der Waals surface area contributed by atoms with Crippen molar-refractivity contribution in [2.45, 2.75) is 25.0 Å². The number of hydrazine groups is 1. The number of benzene rings is 2. The van der Waals surface area contributed by atoms with E-state index in [9.17, 15) is 18.7 Å². The molecule has 2 aromatic carbocycles. The molecule has 142 valence electrons. The first-order valence-corrected chi connectivity index (χ1v) is 9.02. The van der Waals surface area contributed by atoms with E-state index < -0.39 is 17.6 Å². The zero-order chi connectivity index (χ0) is 19.0. The van der Waals surface area contributed by atoms with Crippen molar-refractivity contribution in [2.24, 2.45) is 5.92 Å². The summed E-state index contributed by atoms with van der Waals surface area (Å²) in [6, 6.07) is 11.2. The molecule has 2 saturated heterocycles. The van der Waals surface area contributed by atoms with Crippen LogP contribution in [0.5, 0.6) is 0 Å². The standard InChI is InChI=1S/C20H21F2N3O2/c21-16-6-5-12(9-17(16)22)19-15-11-25(8-7-18(15)23-24-19)10-13-3-1-2-4-14(13)20(26)27/h1-6,9,15,18-19,23-24H,7-8,10-11H2,(H,26,27). The molecule has 3 N–H and O–H groups in total. The van der Waals surface area contributed by atoms with Gasteiger partial charge in [-0.15, -0.1) is 0 Å². The van der Waals surface area contributed by atoms with Gasteiger partial charge >= 0.3 is 5.97 Å². The number of likely N-dealkylation sites (tertiary alicyclic amines) is 1. The summed E-state index contributed by atoms with van der Waals surface area (Å²) in [6.45, 7) is 2.13. The van der Waals surface area contributed by atoms with Crippen LogP contribution < -0.4 is 10.9 Å². The second kappa shape index (κ2) is 7.34. The van der Waals surface area contributed by atoms with E-state index in [1.165, 1.54) is 6.07 Å². The van der Waals surface area contributed by atoms with Gasteiger partial charge in [0.15, 0.2) is 11.6 Å². The molecule has 2 fully saturated rings. The Hall–Kier alpha value is -2.35. The number of aromatic carboxylic acids is 1. The quantitative estimate of drug-likeness (QED) is 0.769. The lowest BCUT2D eigenvalue weighted by Crippen LogP contribution is -2.45. The number of piperidine rings is 1. The van der Waals surface area contributed by atoms with E-state index in [4.69, 9.17) is 0 Å². The molecule has 0 amide bonds. The van der Waals surface area contributed by atoms with Crippen LogP contribution in [0, 0.1) is 17.6 Å². The van der Waals surface area contributed by atoms with Crippen LogP contribution in [-0.4, -0.2) is 35.1 Å². The minimum absolute atomic E-state index is 0.123. The number of hydrogen-bond donors (Lipinski definition) is 3. The van der Waals surface area contributed by atoms with Crippen molar-refractivity contribution in [3.8, 4) is 0 Å². The number of carbonyl (C=O) groups is 1. The highest BCUT2D eigenvalue weighted by Crippen LogP contribution is 2.34. The molecular weight excluding hydrogens is 352 g/mol. The second-order valence-corrected chi connectivity index (χ2v) is 7.20. The molecule has 3 atom stereocenters. The first-order chi connectivity index (χ1) is 13.0. The van der Waals surface area contributed by atoms with Crippen LogP contribution in [0.25, 0.3) is 0 Å². The Labute approximate surface area is 156 Å². The lowest BCUT2D eigenvalue weighted by molar-refractivity contribution is 0.0693. The zero-order valence-corrected chi connectivity index (χ0v) is 14.7. The molecular formula is C20H21F2N3O2. The number of carboxylic acid groups (broad SMARTS) is 1. The van der Waals surface area contributed by atoms with Gasteiger partial charge in [0.05, 0.1) is 11.6 Å². The molecule has 2 aliphatic heterocycles. The van der Waals surface area contributed by atoms with Crippen LogP contribution in [0.15, 0.2) is 42.5 Å². The Morgan fingerprint density at radius 3 is 2.74 bits per heavy atom. The molecule has 2 aliphatic rings. The number of fused-ring (bicyclic) bond motifs is 1. The zero-order valence-electron chi connectivity index (χ0n) is 14.7. The topological polar surface area (TPSA) is 64.6 Å². The van der Waals surface area contributed by atoms with Crippen molar-refractivity contribution in [1.29, 1.82) is 0 Å². The third-order valence-corrected chi connectivity index (χ3v) is 5.54. The van der Waals surface area contributed by atoms with Crippen LogP contribution in [0.4, 0.5) is 8.78 Å². The van der Waals surface area contributed by atoms with Gasteiger partial charge in [-0.05, 0) is 35.7 Å². The summed E-state index contributed by atoms with van der Waals surface area (Å²) >= 11 is 0. The number of hydrogen-bond acceptors (Lipinski definition) is 4. The summed E-state index contributed by atoms with van der Waals surface area (Å²) in [5.74, 6) is -2.44. The van der Waals surface area contributed by atoms with Crippen LogP contribution in [-0.2, 0) is 6.54 Å². The van der Waals surface area contributed by atoms with Crippen molar-refractivity contribution in [1.82, 2.24) is 15.8 Å². The Kier molecular flexibility index (Phi) is 4.90. The van der Waals surface area contributed by atoms with Gasteiger partial charge in [0.25, 0.3) is 0 Å². The molecule has 0 aromatic heterocycles. The third-order valence-electron chi connectivity index (χ3n) is 5.54. The molecule has 0 bridgehead atoms. The van der Waals surface area contributed by atoms with Gasteiger partial charge in [0, 0.05) is 31.6 Å². The molecule has 2 heterocycles. The van der Waals surface area contributed by atoms with Crippen molar-refractivity contribution >= 4 is 5.97 Å². The minimum Gasteiger partial charge on any atom is -0.478 e. The van der Waals surface area contributed by atoms with E-state index in [2.05, 4.69) is 15.8 Å². The van der Waals surface area contributed by atoms with Gasteiger partial charge in [-0.25, -0.2) is 19.0 Å². The van der Waals surface area contributed by atoms with E-state index >= 15 is 0 Å². The largest absolute Gasteiger partial charge is 0.478 e. The molecule has 4 rings (SSSR count). The summed E-state index contributed by atoms with van der Waals surface area (Å²) < 4.78 is 26.9. The summed E-state index contributed by atoms with van der Waals surface area (Å²) in [6.07, 6.45) is 0.896. The summed E-state index contributed by atoms with van der Waals surface area (Å²) in [5, 5.41) is 9.38. The summed E-state index contributed by atoms with van der Waals surface area (Å²) in [7, 11) is 0. The maximum absolute atomic E-state index is 13.7. The number of rotatable bonds is 4. The summed E-state index contributed by atoms with van der Waals surface area (Å²) in [4.78, 5) is 13.7. The fourth-order valence-corrected chi connectivity index (χ4v) is 4.16. The van der Waals surface area contributed by atoms with Crippen LogP contribution in [0.2, 0.25) is 0 Å². The van der Waals surface area contributed by atoms with Gasteiger partial charge in [0.1, 0.15) is 0 Å². The maximum Gasteiger partial charge on any atom is 0.336 e. The highest BCUT2D eigenvalue weighted by atomic mass is 19.2. The van der Waals surface area contributed by atoms with E-state index in [0.29, 0.717) is 17.7 Å². The van der Waals surface area contributed by atoms with Crippen molar-refractivity contribution in [3.63, 3.8) is 0 Å². The van der Waals surface area contributed by atoms with Crippen LogP contribution in [0.3, 0.4) is 0 Å². The minimum atomic E-state index is -0.927. The molecule has 7 heteroatoms. The Bertz CT molecular complexity index is 861. The SMILES string of the molecule is O=C(O)c1ccccc1CN1CCC2NNC(c3ccc(F)c(F)c3)C2C1. The monoisotopic (exact) mass is 373 g/mol. The number of halogens is 2. The fourth-order valence-electron chi connectivity index (χ4n) is 4.16. The first kappa shape index (κ1) is 18.0. The fraction of sp³-hybridized carbons (Fsp3) is 0.350. The summed E-state index contributed by atoms with van der Waals surface area (Å²) in [5.41, 5.74) is 8.30. The van der Waals surface area contributed by atoms with E-state index in [1.54, 1.807) is 18.2 Å². The predicted octanol–water partition coefficient (Wildman–Crippen LogP) is 2.70. The number of nitrogens with one attached hydrogen (secondary N) is 2. The van der Waals surface area contributed by atoms with E-state index in [1.807, 2.05) is 12.1 Å². The molecule has 0 radical (unpaired) electrons. The molecule has 27 heavy (non-hydrogen) atoms. The Morgan fingerprint density at radius 2 is 1.96 bits per heavy atom. The predicted molar refractivity (Wildman–Crippen MR) is 95.9 cm³/mol. The normalized spacial score (nSPS) is 25.3. The maximum atomic E-state index is 13.7. The lowest BCUT2D eigenvalue weighted by atomic mass is 9.85. The van der Waals surface area contributed by atoms with Gasteiger partial charge in [-0.1, -0.05) is 24.3 Å². The average Bonchev–Trinajstić information content (AvgIpc) is 3.07. The Balaban J connectivity index is 1.51. The van der Waals surface area contributed by atoms with Gasteiger partial charge in [-0.2, -0.15) is 0 Å². The Morgan fingerprint density at radius 1 is 1.15 bits per heavy atom. The van der Waals surface area contributed by atoms with Crippen LogP contribution >= 0.6 is 0 Å². The first-order valence-electron chi connectivity index (χ1n) is 9.02. The highest BCUT2D eigenvalue weighted by molar-refractivity contribution is 5.89. The van der Waals surface area contributed by atoms with E-state index in [-0.39, 0.29) is 18.0 Å². The van der Waals surface area contributed by atoms with Gasteiger partial charge in [-0.3, -0.25) is 10.3 Å². The highest BCUT2D eigenvalue weighted by Gasteiger charge is 2.40. The van der Waals surface area contributed by atoms with E-state index in [0.717, 1.165) is 31.1 Å². The lowest BCUT2D eigenvalue weighted by Gasteiger charge is -2.36. The van der Waals surface area contributed by atoms with Crippen LogP contribution in [0.1, 0.15) is 33.9 Å². The second-order valence-electron chi connectivity index (χ2n) is 7.20.